The number of halogens is 1. The van der Waals surface area contributed by atoms with E-state index >= 15 is 0 Å². The van der Waals surface area contributed by atoms with Crippen LogP contribution in [0.3, 0.4) is 0 Å². The zero-order valence-corrected chi connectivity index (χ0v) is 17.6. The van der Waals surface area contributed by atoms with Gasteiger partial charge in [0.2, 0.25) is 11.8 Å². The zero-order chi connectivity index (χ0) is 22.2. The number of anilines is 2. The minimum absolute atomic E-state index is 0.0805. The van der Waals surface area contributed by atoms with E-state index in [1.54, 1.807) is 60.4 Å². The Balaban J connectivity index is 1.43. The molecule has 2 saturated heterocycles. The number of nitrogens with zero attached hydrogens (tertiary/aromatic N) is 2. The third-order valence-corrected chi connectivity index (χ3v) is 5.85. The monoisotopic (exact) mass is 440 g/mol. The first-order valence-corrected chi connectivity index (χ1v) is 10.3. The molecular weight excluding hydrogens is 420 g/mol. The standard InChI is InChI=1S/C22H21ClN4O4/c1-22(16-5-2-3-6-17(16)23)20(30)27(21(31)25-22)13-18(28)24-14-8-10-15(11-9-14)26-12-4-7-19(26)29/h2-3,5-6,8-11H,4,7,12-13H2,1H3,(H,24,28)(H,25,31)/t22-/m1/s1. The molecule has 0 spiro atoms. The van der Waals surface area contributed by atoms with E-state index < -0.39 is 29.9 Å². The number of hydrogen-bond acceptors (Lipinski definition) is 4. The summed E-state index contributed by atoms with van der Waals surface area (Å²) in [7, 11) is 0. The van der Waals surface area contributed by atoms with Gasteiger partial charge in [-0.3, -0.25) is 19.3 Å². The van der Waals surface area contributed by atoms with Gasteiger partial charge in [-0.15, -0.1) is 0 Å². The van der Waals surface area contributed by atoms with E-state index in [4.69, 9.17) is 11.6 Å². The SMILES string of the molecule is C[C@]1(c2ccccc2Cl)NC(=O)N(CC(=O)Nc2ccc(N3CCCC3=O)cc2)C1=O. The molecule has 0 saturated carbocycles. The Morgan fingerprint density at radius 1 is 1.13 bits per heavy atom. The van der Waals surface area contributed by atoms with Gasteiger partial charge in [0.05, 0.1) is 0 Å². The van der Waals surface area contributed by atoms with Crippen molar-refractivity contribution >= 4 is 46.7 Å². The lowest BCUT2D eigenvalue weighted by atomic mass is 9.92. The van der Waals surface area contributed by atoms with Gasteiger partial charge in [0, 0.05) is 34.9 Å². The summed E-state index contributed by atoms with van der Waals surface area (Å²) < 4.78 is 0. The summed E-state index contributed by atoms with van der Waals surface area (Å²) in [6.45, 7) is 1.81. The van der Waals surface area contributed by atoms with E-state index in [1.165, 1.54) is 0 Å². The Labute approximate surface area is 184 Å². The first-order valence-electron chi connectivity index (χ1n) is 9.89. The van der Waals surface area contributed by atoms with E-state index in [2.05, 4.69) is 10.6 Å². The van der Waals surface area contributed by atoms with Crippen LogP contribution in [0.25, 0.3) is 0 Å². The van der Waals surface area contributed by atoms with Crippen molar-refractivity contribution in [3.63, 3.8) is 0 Å². The van der Waals surface area contributed by atoms with Crippen LogP contribution in [0.5, 0.6) is 0 Å². The summed E-state index contributed by atoms with van der Waals surface area (Å²) in [6.07, 6.45) is 1.37. The van der Waals surface area contributed by atoms with Gasteiger partial charge in [-0.25, -0.2) is 4.79 Å². The van der Waals surface area contributed by atoms with Gasteiger partial charge >= 0.3 is 6.03 Å². The van der Waals surface area contributed by atoms with Crippen molar-refractivity contribution in [3.8, 4) is 0 Å². The Kier molecular flexibility index (Phi) is 5.41. The van der Waals surface area contributed by atoms with Gasteiger partial charge in [-0.2, -0.15) is 0 Å². The van der Waals surface area contributed by atoms with Gasteiger partial charge in [-0.1, -0.05) is 29.8 Å². The Hall–Kier alpha value is -3.39. The van der Waals surface area contributed by atoms with Crippen LogP contribution in [0.2, 0.25) is 5.02 Å². The summed E-state index contributed by atoms with van der Waals surface area (Å²) in [6, 6.07) is 12.9. The number of imide groups is 1. The molecule has 9 heteroatoms. The number of amides is 5. The molecule has 2 N–H and O–H groups in total. The summed E-state index contributed by atoms with van der Waals surface area (Å²) in [5, 5.41) is 5.66. The Morgan fingerprint density at radius 3 is 2.48 bits per heavy atom. The van der Waals surface area contributed by atoms with Gasteiger partial charge in [0.25, 0.3) is 5.91 Å². The first-order chi connectivity index (χ1) is 14.8. The molecule has 0 radical (unpaired) electrons. The number of urea groups is 1. The van der Waals surface area contributed by atoms with E-state index in [1.807, 2.05) is 0 Å². The largest absolute Gasteiger partial charge is 0.325 e. The molecule has 2 aliphatic rings. The molecule has 0 aromatic heterocycles. The molecule has 0 unspecified atom stereocenters. The molecule has 2 fully saturated rings. The Morgan fingerprint density at radius 2 is 1.84 bits per heavy atom. The average Bonchev–Trinajstić information content (AvgIpc) is 3.26. The highest BCUT2D eigenvalue weighted by Gasteiger charge is 2.50. The molecule has 8 nitrogen and oxygen atoms in total. The van der Waals surface area contributed by atoms with Crippen molar-refractivity contribution in [2.24, 2.45) is 0 Å². The fourth-order valence-electron chi connectivity index (χ4n) is 3.88. The average molecular weight is 441 g/mol. The molecule has 2 heterocycles. The number of carbonyl (C=O) groups excluding carboxylic acids is 4. The molecule has 2 aromatic rings. The van der Waals surface area contributed by atoms with Crippen molar-refractivity contribution in [1.29, 1.82) is 0 Å². The van der Waals surface area contributed by atoms with Gasteiger partial charge in [-0.05, 0) is 43.7 Å². The topological polar surface area (TPSA) is 98.8 Å². The fraction of sp³-hybridized carbons (Fsp3) is 0.273. The maximum absolute atomic E-state index is 13.0. The predicted molar refractivity (Wildman–Crippen MR) is 116 cm³/mol. The number of rotatable bonds is 5. The van der Waals surface area contributed by atoms with Crippen molar-refractivity contribution in [1.82, 2.24) is 10.2 Å². The summed E-state index contributed by atoms with van der Waals surface area (Å²) in [5.41, 5.74) is 0.385. The lowest BCUT2D eigenvalue weighted by Gasteiger charge is -2.23. The third kappa shape index (κ3) is 3.86. The quantitative estimate of drug-likeness (QED) is 0.698. The lowest BCUT2D eigenvalue weighted by molar-refractivity contribution is -0.133. The van der Waals surface area contributed by atoms with E-state index in [0.717, 1.165) is 17.0 Å². The van der Waals surface area contributed by atoms with Crippen LogP contribution in [-0.4, -0.2) is 41.7 Å². The van der Waals surface area contributed by atoms with Gasteiger partial charge < -0.3 is 15.5 Å². The molecule has 1 atom stereocenters. The molecule has 4 rings (SSSR count). The van der Waals surface area contributed by atoms with Crippen molar-refractivity contribution in [2.45, 2.75) is 25.3 Å². The van der Waals surface area contributed by atoms with Crippen LogP contribution >= 0.6 is 11.6 Å². The van der Waals surface area contributed by atoms with Crippen LogP contribution in [-0.2, 0) is 19.9 Å². The lowest BCUT2D eigenvalue weighted by Crippen LogP contribution is -2.42. The Bertz CT molecular complexity index is 1070. The maximum atomic E-state index is 13.0. The molecule has 5 amide bonds. The molecule has 2 aliphatic heterocycles. The van der Waals surface area contributed by atoms with Crippen LogP contribution in [0, 0.1) is 0 Å². The minimum atomic E-state index is -1.35. The van der Waals surface area contributed by atoms with Crippen LogP contribution in [0.1, 0.15) is 25.3 Å². The number of carbonyl (C=O) groups is 4. The fourth-order valence-corrected chi connectivity index (χ4v) is 4.20. The minimum Gasteiger partial charge on any atom is -0.325 e. The molecule has 0 aliphatic carbocycles. The number of hydrogen-bond donors (Lipinski definition) is 2. The van der Waals surface area contributed by atoms with Crippen molar-refractivity contribution in [3.05, 3.63) is 59.1 Å². The van der Waals surface area contributed by atoms with E-state index in [0.29, 0.717) is 29.2 Å². The number of benzene rings is 2. The maximum Gasteiger partial charge on any atom is 0.325 e. The van der Waals surface area contributed by atoms with E-state index in [9.17, 15) is 19.2 Å². The van der Waals surface area contributed by atoms with Crippen LogP contribution in [0.4, 0.5) is 16.2 Å². The second kappa shape index (κ2) is 8.03. The van der Waals surface area contributed by atoms with E-state index in [-0.39, 0.29) is 5.91 Å². The highest BCUT2D eigenvalue weighted by atomic mass is 35.5. The summed E-state index contributed by atoms with van der Waals surface area (Å²) in [5.74, 6) is -0.988. The molecule has 2 aromatic carbocycles. The zero-order valence-electron chi connectivity index (χ0n) is 16.9. The summed E-state index contributed by atoms with van der Waals surface area (Å²) in [4.78, 5) is 52.3. The highest BCUT2D eigenvalue weighted by molar-refractivity contribution is 6.32. The van der Waals surface area contributed by atoms with Crippen molar-refractivity contribution < 1.29 is 19.2 Å². The first kappa shape index (κ1) is 20.9. The van der Waals surface area contributed by atoms with Crippen LogP contribution < -0.4 is 15.5 Å². The second-order valence-corrected chi connectivity index (χ2v) is 8.08. The second-order valence-electron chi connectivity index (χ2n) is 7.67. The smallest absolute Gasteiger partial charge is 0.325 e. The predicted octanol–water partition coefficient (Wildman–Crippen LogP) is 2.87. The molecular formula is C22H21ClN4O4. The van der Waals surface area contributed by atoms with Crippen molar-refractivity contribution in [2.75, 3.05) is 23.3 Å². The van der Waals surface area contributed by atoms with Gasteiger partial charge in [0.15, 0.2) is 0 Å². The normalized spacial score (nSPS) is 20.9. The molecule has 160 valence electrons. The number of nitrogens with one attached hydrogen (secondary N) is 2. The van der Waals surface area contributed by atoms with Gasteiger partial charge in [0.1, 0.15) is 12.1 Å². The third-order valence-electron chi connectivity index (χ3n) is 5.53. The summed E-state index contributed by atoms with van der Waals surface area (Å²) >= 11 is 6.21. The molecule has 0 bridgehead atoms. The van der Waals surface area contributed by atoms with Crippen LogP contribution in [0.15, 0.2) is 48.5 Å². The molecule has 31 heavy (non-hydrogen) atoms. The highest BCUT2D eigenvalue weighted by Crippen LogP contribution is 2.33.